The third-order valence-corrected chi connectivity index (χ3v) is 5.35. The van der Waals surface area contributed by atoms with Crippen LogP contribution in [-0.2, 0) is 11.4 Å². The number of hydrazone groups is 1. The van der Waals surface area contributed by atoms with Crippen molar-refractivity contribution in [2.45, 2.75) is 6.61 Å². The second-order valence-corrected chi connectivity index (χ2v) is 8.08. The lowest BCUT2D eigenvalue weighted by Crippen LogP contribution is -2.25. The molecular weight excluding hydrogens is 466 g/mol. The summed E-state index contributed by atoms with van der Waals surface area (Å²) in [6.45, 7) is 0.567. The van der Waals surface area contributed by atoms with Crippen LogP contribution in [0.3, 0.4) is 0 Å². The molecule has 0 aliphatic carbocycles. The van der Waals surface area contributed by atoms with Crippen molar-refractivity contribution < 1.29 is 9.53 Å². The first-order valence-corrected chi connectivity index (χ1v) is 11.0. The molecule has 4 rings (SSSR count). The van der Waals surface area contributed by atoms with Gasteiger partial charge in [-0.2, -0.15) is 5.10 Å². The summed E-state index contributed by atoms with van der Waals surface area (Å²) >= 11 is 3.43. The number of halogens is 1. The van der Waals surface area contributed by atoms with Crippen molar-refractivity contribution in [3.63, 3.8) is 0 Å². The Morgan fingerprint density at radius 2 is 1.66 bits per heavy atom. The summed E-state index contributed by atoms with van der Waals surface area (Å²) in [5.41, 5.74) is 5.28. The Morgan fingerprint density at radius 1 is 0.906 bits per heavy atom. The van der Waals surface area contributed by atoms with Crippen LogP contribution in [-0.4, -0.2) is 18.7 Å². The number of amides is 1. The Morgan fingerprint density at radius 3 is 2.50 bits per heavy atom. The van der Waals surface area contributed by atoms with Gasteiger partial charge < -0.3 is 10.1 Å². The van der Waals surface area contributed by atoms with E-state index in [0.29, 0.717) is 12.4 Å². The normalized spacial score (nSPS) is 10.9. The molecule has 0 fully saturated rings. The topological polar surface area (TPSA) is 62.7 Å². The number of hydrogen-bond donors (Lipinski definition) is 2. The van der Waals surface area contributed by atoms with Gasteiger partial charge in [0.15, 0.2) is 0 Å². The minimum atomic E-state index is -0.234. The number of anilines is 1. The largest absolute Gasteiger partial charge is 0.488 e. The number of fused-ring (bicyclic) bond motifs is 1. The second-order valence-electron chi connectivity index (χ2n) is 7.16. The molecule has 0 aliphatic rings. The van der Waals surface area contributed by atoms with Gasteiger partial charge in [0.1, 0.15) is 12.4 Å². The monoisotopic (exact) mass is 487 g/mol. The smallest absolute Gasteiger partial charge is 0.259 e. The SMILES string of the molecule is O=C(CNc1ccc2ccccc2c1)N/N=C\c1ccccc1OCc1ccc(Br)cc1. The van der Waals surface area contributed by atoms with Gasteiger partial charge >= 0.3 is 0 Å². The van der Waals surface area contributed by atoms with Gasteiger partial charge in [0.2, 0.25) is 0 Å². The Kier molecular flexibility index (Phi) is 7.15. The van der Waals surface area contributed by atoms with E-state index < -0.39 is 0 Å². The van der Waals surface area contributed by atoms with Crippen LogP contribution in [0.4, 0.5) is 5.69 Å². The maximum Gasteiger partial charge on any atom is 0.259 e. The van der Waals surface area contributed by atoms with E-state index in [2.05, 4.69) is 37.8 Å². The highest BCUT2D eigenvalue weighted by Crippen LogP contribution is 2.19. The van der Waals surface area contributed by atoms with Crippen LogP contribution in [0.25, 0.3) is 10.8 Å². The van der Waals surface area contributed by atoms with Crippen molar-refractivity contribution in [2.24, 2.45) is 5.10 Å². The first kappa shape index (κ1) is 21.6. The molecule has 0 bridgehead atoms. The Balaban J connectivity index is 1.30. The van der Waals surface area contributed by atoms with E-state index >= 15 is 0 Å². The fourth-order valence-corrected chi connectivity index (χ4v) is 3.42. The maximum absolute atomic E-state index is 12.2. The maximum atomic E-state index is 12.2. The molecule has 160 valence electrons. The number of hydrogen-bond acceptors (Lipinski definition) is 4. The van der Waals surface area contributed by atoms with Gasteiger partial charge in [-0.1, -0.05) is 70.5 Å². The lowest BCUT2D eigenvalue weighted by Gasteiger charge is -2.09. The molecule has 1 amide bonds. The summed E-state index contributed by atoms with van der Waals surface area (Å²) in [5, 5.41) is 9.49. The number of rotatable bonds is 8. The van der Waals surface area contributed by atoms with E-state index in [4.69, 9.17) is 4.74 Å². The Labute approximate surface area is 195 Å². The highest BCUT2D eigenvalue weighted by Gasteiger charge is 2.03. The van der Waals surface area contributed by atoms with Crippen LogP contribution in [0.2, 0.25) is 0 Å². The Hall–Kier alpha value is -3.64. The fourth-order valence-electron chi connectivity index (χ4n) is 3.16. The van der Waals surface area contributed by atoms with Crippen LogP contribution in [0, 0.1) is 0 Å². The number of carbonyl (C=O) groups excluding carboxylic acids is 1. The van der Waals surface area contributed by atoms with Crippen molar-refractivity contribution in [3.8, 4) is 5.75 Å². The van der Waals surface area contributed by atoms with Crippen LogP contribution in [0.1, 0.15) is 11.1 Å². The molecule has 4 aromatic rings. The first-order chi connectivity index (χ1) is 15.7. The number of carbonyl (C=O) groups is 1. The lowest BCUT2D eigenvalue weighted by molar-refractivity contribution is -0.119. The van der Waals surface area contributed by atoms with E-state index in [1.165, 1.54) is 0 Å². The average Bonchev–Trinajstić information content (AvgIpc) is 2.83. The van der Waals surface area contributed by atoms with Crippen LogP contribution < -0.4 is 15.5 Å². The summed E-state index contributed by atoms with van der Waals surface area (Å²) in [6, 6.07) is 29.6. The van der Waals surface area contributed by atoms with E-state index in [1.54, 1.807) is 6.21 Å². The lowest BCUT2D eigenvalue weighted by atomic mass is 10.1. The minimum Gasteiger partial charge on any atom is -0.488 e. The van der Waals surface area contributed by atoms with Crippen molar-refractivity contribution in [1.29, 1.82) is 0 Å². The van der Waals surface area contributed by atoms with Crippen molar-refractivity contribution in [3.05, 3.63) is 107 Å². The quantitative estimate of drug-likeness (QED) is 0.246. The predicted octanol–water partition coefficient (Wildman–Crippen LogP) is 5.74. The molecule has 0 radical (unpaired) electrons. The predicted molar refractivity (Wildman–Crippen MR) is 133 cm³/mol. The van der Waals surface area contributed by atoms with E-state index in [0.717, 1.165) is 32.1 Å². The summed E-state index contributed by atoms with van der Waals surface area (Å²) in [6.07, 6.45) is 1.59. The van der Waals surface area contributed by atoms with Gasteiger partial charge in [0, 0.05) is 15.7 Å². The minimum absolute atomic E-state index is 0.122. The van der Waals surface area contributed by atoms with Gasteiger partial charge in [-0.25, -0.2) is 5.43 Å². The van der Waals surface area contributed by atoms with Gasteiger partial charge in [-0.15, -0.1) is 0 Å². The Bertz CT molecular complexity index is 1240. The summed E-state index contributed by atoms with van der Waals surface area (Å²) in [7, 11) is 0. The molecule has 0 heterocycles. The molecule has 6 heteroatoms. The molecule has 0 spiro atoms. The zero-order valence-electron chi connectivity index (χ0n) is 17.3. The number of nitrogens with one attached hydrogen (secondary N) is 2. The van der Waals surface area contributed by atoms with Gasteiger partial charge in [-0.05, 0) is 52.7 Å². The van der Waals surface area contributed by atoms with Gasteiger partial charge in [0.05, 0.1) is 12.8 Å². The zero-order chi connectivity index (χ0) is 22.2. The van der Waals surface area contributed by atoms with E-state index in [1.807, 2.05) is 84.9 Å². The molecule has 0 unspecified atom stereocenters. The molecule has 0 aliphatic heterocycles. The van der Waals surface area contributed by atoms with Crippen molar-refractivity contribution in [1.82, 2.24) is 5.43 Å². The number of nitrogens with zero attached hydrogens (tertiary/aromatic N) is 1. The molecular formula is C26H22BrN3O2. The van der Waals surface area contributed by atoms with Crippen LogP contribution >= 0.6 is 15.9 Å². The number of para-hydroxylation sites is 1. The molecule has 2 N–H and O–H groups in total. The van der Waals surface area contributed by atoms with E-state index in [9.17, 15) is 4.79 Å². The van der Waals surface area contributed by atoms with Gasteiger partial charge in [-0.3, -0.25) is 4.79 Å². The molecule has 0 saturated heterocycles. The summed E-state index contributed by atoms with van der Waals surface area (Å²) in [5.74, 6) is 0.463. The molecule has 0 atom stereocenters. The highest BCUT2D eigenvalue weighted by molar-refractivity contribution is 9.10. The van der Waals surface area contributed by atoms with Crippen molar-refractivity contribution >= 4 is 44.5 Å². The third kappa shape index (κ3) is 5.95. The molecule has 0 saturated carbocycles. The molecule has 4 aromatic carbocycles. The van der Waals surface area contributed by atoms with E-state index in [-0.39, 0.29) is 12.5 Å². The average molecular weight is 488 g/mol. The van der Waals surface area contributed by atoms with Crippen LogP contribution in [0.15, 0.2) is 101 Å². The molecule has 0 aromatic heterocycles. The van der Waals surface area contributed by atoms with Crippen molar-refractivity contribution in [2.75, 3.05) is 11.9 Å². The molecule has 32 heavy (non-hydrogen) atoms. The summed E-state index contributed by atoms with van der Waals surface area (Å²) in [4.78, 5) is 12.2. The number of benzene rings is 4. The van der Waals surface area contributed by atoms with Gasteiger partial charge in [0.25, 0.3) is 5.91 Å². The fraction of sp³-hybridized carbons (Fsp3) is 0.0769. The standard InChI is InChI=1S/C26H22BrN3O2/c27-23-12-9-19(10-13-23)18-32-25-8-4-3-7-22(25)16-29-30-26(31)17-28-24-14-11-20-5-1-2-6-21(20)15-24/h1-16,28H,17-18H2,(H,30,31)/b29-16-. The second kappa shape index (κ2) is 10.6. The van der Waals surface area contributed by atoms with Crippen LogP contribution in [0.5, 0.6) is 5.75 Å². The zero-order valence-corrected chi connectivity index (χ0v) is 18.9. The number of ether oxygens (including phenoxy) is 1. The summed E-state index contributed by atoms with van der Waals surface area (Å²) < 4.78 is 6.96. The third-order valence-electron chi connectivity index (χ3n) is 4.82. The highest BCUT2D eigenvalue weighted by atomic mass is 79.9. The molecule has 5 nitrogen and oxygen atoms in total. The first-order valence-electron chi connectivity index (χ1n) is 10.2.